The van der Waals surface area contributed by atoms with Crippen molar-refractivity contribution < 1.29 is 47.3 Å². The summed E-state index contributed by atoms with van der Waals surface area (Å²) >= 11 is 0. The van der Waals surface area contributed by atoms with Crippen LogP contribution in [-0.4, -0.2) is 101 Å². The molecule has 0 amide bonds. The van der Waals surface area contributed by atoms with E-state index in [0.29, 0.717) is 0 Å². The number of hydrogen-bond donors (Lipinski definition) is 5. The normalized spacial score (nSPS) is 45.5. The Labute approximate surface area is 153 Å². The van der Waals surface area contributed by atoms with Crippen molar-refractivity contribution in [1.29, 1.82) is 5.26 Å². The third kappa shape index (κ3) is 4.07. The lowest BCUT2D eigenvalue weighted by Gasteiger charge is -2.44. The van der Waals surface area contributed by atoms with Gasteiger partial charge in [-0.05, 0) is 0 Å². The van der Waals surface area contributed by atoms with Gasteiger partial charge in [0, 0.05) is 35.1 Å². The van der Waals surface area contributed by atoms with E-state index in [1.54, 1.807) is 0 Å². The minimum absolute atomic E-state index is 0. The molecule has 10 nitrogen and oxygen atoms in total. The predicted octanol–water partition coefficient (Wildman–Crippen LogP) is -2.09. The molecular formula is C16H29NO9. The van der Waals surface area contributed by atoms with Gasteiger partial charge in [0.25, 0.3) is 0 Å². The quantitative estimate of drug-likeness (QED) is 0.335. The van der Waals surface area contributed by atoms with Gasteiger partial charge in [0.2, 0.25) is 0 Å². The van der Waals surface area contributed by atoms with Crippen LogP contribution in [-0.2, 0) is 18.9 Å². The molecule has 9 atom stereocenters. The zero-order valence-electron chi connectivity index (χ0n) is 14.5. The third-order valence-corrected chi connectivity index (χ3v) is 4.79. The molecule has 9 unspecified atom stereocenters. The molecule has 0 bridgehead atoms. The Kier molecular flexibility index (Phi) is 7.48. The number of nitriles is 1. The Morgan fingerprint density at radius 2 is 1.88 bits per heavy atom. The predicted molar refractivity (Wildman–Crippen MR) is 88.8 cm³/mol. The van der Waals surface area contributed by atoms with E-state index in [1.165, 1.54) is 14.2 Å². The maximum Gasteiger partial charge on any atom is 0.187 e. The van der Waals surface area contributed by atoms with E-state index in [1.807, 2.05) is 6.07 Å². The number of aliphatic hydroxyl groups is 5. The Bertz CT molecular complexity index is 545. The van der Waals surface area contributed by atoms with Crippen LogP contribution in [0.2, 0.25) is 0 Å². The second-order valence-corrected chi connectivity index (χ2v) is 6.25. The van der Waals surface area contributed by atoms with Crippen LogP contribution in [0.1, 0.15) is 9.27 Å². The molecule has 1 aliphatic carbocycles. The molecule has 26 heavy (non-hydrogen) atoms. The molecule has 1 saturated heterocycles. The first kappa shape index (κ1) is 21.2. The standard InChI is InChI=1S/C16H25NO9.2H2/c1-23-9-5-8(7(3-4-17)11(19)15(9)24-2)25-16-14(22)13(21)12(20)10(6-18)26-16;;/h3,8-16,18-22H,5-6H2,1-2H3;2*1H/b7-3-;;. The highest BCUT2D eigenvalue weighted by molar-refractivity contribution is 5.26. The summed E-state index contributed by atoms with van der Waals surface area (Å²) in [5.74, 6) is 0. The minimum atomic E-state index is -1.59. The van der Waals surface area contributed by atoms with Crippen molar-refractivity contribution in [1.82, 2.24) is 0 Å². The number of allylic oxidation sites excluding steroid dienone is 1. The van der Waals surface area contributed by atoms with Gasteiger partial charge in [-0.1, -0.05) is 0 Å². The lowest BCUT2D eigenvalue weighted by atomic mass is 9.84. The molecule has 5 N–H and O–H groups in total. The molecule has 152 valence electrons. The number of methoxy groups -OCH3 is 2. The first-order valence-electron chi connectivity index (χ1n) is 8.18. The van der Waals surface area contributed by atoms with E-state index in [2.05, 4.69) is 0 Å². The van der Waals surface area contributed by atoms with Gasteiger partial charge in [-0.25, -0.2) is 0 Å². The van der Waals surface area contributed by atoms with E-state index < -0.39 is 61.7 Å². The highest BCUT2D eigenvalue weighted by Gasteiger charge is 2.48. The highest BCUT2D eigenvalue weighted by atomic mass is 16.7. The van der Waals surface area contributed by atoms with Gasteiger partial charge in [-0.15, -0.1) is 0 Å². The maximum absolute atomic E-state index is 10.5. The molecule has 2 rings (SSSR count). The molecule has 10 heteroatoms. The van der Waals surface area contributed by atoms with E-state index in [9.17, 15) is 25.5 Å². The van der Waals surface area contributed by atoms with Crippen LogP contribution in [0.5, 0.6) is 0 Å². The summed E-state index contributed by atoms with van der Waals surface area (Å²) < 4.78 is 21.6. The van der Waals surface area contributed by atoms with Crippen molar-refractivity contribution in [2.24, 2.45) is 0 Å². The number of hydrogen-bond acceptors (Lipinski definition) is 10. The van der Waals surface area contributed by atoms with Crippen molar-refractivity contribution in [3.8, 4) is 6.07 Å². The Balaban J connectivity index is 0.00000364. The van der Waals surface area contributed by atoms with Crippen molar-refractivity contribution in [3.05, 3.63) is 11.6 Å². The van der Waals surface area contributed by atoms with Crippen LogP contribution < -0.4 is 0 Å². The average molecular weight is 379 g/mol. The van der Waals surface area contributed by atoms with Crippen LogP contribution in [0.3, 0.4) is 0 Å². The lowest BCUT2D eigenvalue weighted by Crippen LogP contribution is -2.60. The van der Waals surface area contributed by atoms with Crippen LogP contribution >= 0.6 is 0 Å². The Morgan fingerprint density at radius 1 is 1.19 bits per heavy atom. The Morgan fingerprint density at radius 3 is 2.42 bits per heavy atom. The van der Waals surface area contributed by atoms with Gasteiger partial charge < -0.3 is 44.5 Å². The molecule has 0 radical (unpaired) electrons. The maximum atomic E-state index is 10.5. The van der Waals surface area contributed by atoms with Crippen molar-refractivity contribution in [2.45, 2.75) is 61.5 Å². The lowest BCUT2D eigenvalue weighted by molar-refractivity contribution is -0.312. The fourth-order valence-corrected chi connectivity index (χ4v) is 3.30. The fourth-order valence-electron chi connectivity index (χ4n) is 3.30. The second-order valence-electron chi connectivity index (χ2n) is 6.25. The van der Waals surface area contributed by atoms with Gasteiger partial charge in [0.15, 0.2) is 6.29 Å². The van der Waals surface area contributed by atoms with E-state index in [4.69, 9.17) is 24.2 Å². The molecule has 1 aliphatic heterocycles. The average Bonchev–Trinajstić information content (AvgIpc) is 2.64. The number of ether oxygens (including phenoxy) is 4. The van der Waals surface area contributed by atoms with Gasteiger partial charge in [0.1, 0.15) is 36.6 Å². The smallest absolute Gasteiger partial charge is 0.187 e. The summed E-state index contributed by atoms with van der Waals surface area (Å²) in [6.07, 6.45) is -9.22. The first-order chi connectivity index (χ1) is 12.4. The minimum Gasteiger partial charge on any atom is -0.394 e. The number of aliphatic hydroxyl groups excluding tert-OH is 5. The Hall–Kier alpha value is -1.13. The van der Waals surface area contributed by atoms with Gasteiger partial charge in [-0.2, -0.15) is 5.26 Å². The molecule has 0 aromatic heterocycles. The molecule has 2 fully saturated rings. The summed E-state index contributed by atoms with van der Waals surface area (Å²) in [7, 11) is 2.84. The number of nitrogens with zero attached hydrogens (tertiary/aromatic N) is 1. The third-order valence-electron chi connectivity index (χ3n) is 4.79. The van der Waals surface area contributed by atoms with Crippen LogP contribution in [0.4, 0.5) is 0 Å². The molecule has 0 aromatic carbocycles. The molecule has 1 saturated carbocycles. The van der Waals surface area contributed by atoms with E-state index in [-0.39, 0.29) is 14.8 Å². The second kappa shape index (κ2) is 9.18. The summed E-state index contributed by atoms with van der Waals surface area (Å²) in [5, 5.41) is 58.5. The zero-order valence-corrected chi connectivity index (χ0v) is 14.5. The highest BCUT2D eigenvalue weighted by Crippen LogP contribution is 2.33. The van der Waals surface area contributed by atoms with Crippen LogP contribution in [0.25, 0.3) is 0 Å². The molecule has 0 aromatic rings. The monoisotopic (exact) mass is 379 g/mol. The topological polar surface area (TPSA) is 162 Å². The summed E-state index contributed by atoms with van der Waals surface area (Å²) in [6.45, 7) is -0.592. The summed E-state index contributed by atoms with van der Waals surface area (Å²) in [5.41, 5.74) is 0.213. The van der Waals surface area contributed by atoms with Crippen molar-refractivity contribution in [3.63, 3.8) is 0 Å². The summed E-state index contributed by atoms with van der Waals surface area (Å²) in [6, 6.07) is 1.83. The van der Waals surface area contributed by atoms with Crippen LogP contribution in [0, 0.1) is 11.3 Å². The van der Waals surface area contributed by atoms with E-state index >= 15 is 0 Å². The van der Waals surface area contributed by atoms with Gasteiger partial charge in [-0.3, -0.25) is 0 Å². The molecular weight excluding hydrogens is 350 g/mol. The molecule has 1 heterocycles. The van der Waals surface area contributed by atoms with Crippen LogP contribution in [0.15, 0.2) is 11.6 Å². The number of rotatable bonds is 5. The summed E-state index contributed by atoms with van der Waals surface area (Å²) in [4.78, 5) is 0. The van der Waals surface area contributed by atoms with Crippen molar-refractivity contribution >= 4 is 0 Å². The molecule has 2 aliphatic rings. The molecule has 0 spiro atoms. The zero-order chi connectivity index (χ0) is 19.4. The fraction of sp³-hybridized carbons (Fsp3) is 0.812. The SMILES string of the molecule is COC1CC(OC2OC(CO)C(O)C(O)C2O)/C(=C/C#N)C(O)C1OC.[HH].[HH]. The first-order valence-corrected chi connectivity index (χ1v) is 8.18. The van der Waals surface area contributed by atoms with Gasteiger partial charge >= 0.3 is 0 Å². The van der Waals surface area contributed by atoms with Crippen molar-refractivity contribution in [2.75, 3.05) is 20.8 Å². The largest absolute Gasteiger partial charge is 0.394 e. The van der Waals surface area contributed by atoms with Gasteiger partial charge in [0.05, 0.1) is 24.9 Å². The van der Waals surface area contributed by atoms with E-state index in [0.717, 1.165) is 6.08 Å².